The SMILES string of the molecule is CC(C)Oc1cc(C(=N)C2C=C(N3C4=COCC3CC4)NC=N2)ccc1F. The van der Waals surface area contributed by atoms with Crippen LogP contribution in [-0.2, 0) is 4.74 Å². The van der Waals surface area contributed by atoms with E-state index in [0.717, 1.165) is 24.4 Å². The minimum absolute atomic E-state index is 0.141. The van der Waals surface area contributed by atoms with Gasteiger partial charge in [-0.25, -0.2) is 4.39 Å². The van der Waals surface area contributed by atoms with Crippen LogP contribution in [0, 0.1) is 11.2 Å². The molecule has 27 heavy (non-hydrogen) atoms. The summed E-state index contributed by atoms with van der Waals surface area (Å²) in [4.78, 5) is 6.61. The Morgan fingerprint density at radius 1 is 1.44 bits per heavy atom. The third-order valence-electron chi connectivity index (χ3n) is 4.84. The molecule has 142 valence electrons. The van der Waals surface area contributed by atoms with Gasteiger partial charge in [-0.2, -0.15) is 0 Å². The maximum atomic E-state index is 14.0. The molecule has 0 aromatic heterocycles. The molecule has 3 heterocycles. The van der Waals surface area contributed by atoms with Gasteiger partial charge >= 0.3 is 0 Å². The van der Waals surface area contributed by atoms with Gasteiger partial charge in [0, 0.05) is 5.56 Å². The first-order valence-electron chi connectivity index (χ1n) is 9.18. The van der Waals surface area contributed by atoms with Crippen molar-refractivity contribution >= 4 is 12.1 Å². The average Bonchev–Trinajstić information content (AvgIpc) is 2.91. The van der Waals surface area contributed by atoms with E-state index in [9.17, 15) is 4.39 Å². The topological polar surface area (TPSA) is 69.9 Å². The second kappa shape index (κ2) is 7.06. The Morgan fingerprint density at radius 3 is 3.07 bits per heavy atom. The van der Waals surface area contributed by atoms with E-state index in [2.05, 4.69) is 15.2 Å². The summed E-state index contributed by atoms with van der Waals surface area (Å²) in [6.07, 6.45) is 7.27. The van der Waals surface area contributed by atoms with Crippen molar-refractivity contribution in [3.05, 3.63) is 53.4 Å². The minimum atomic E-state index is -0.443. The van der Waals surface area contributed by atoms with E-state index in [0.29, 0.717) is 23.9 Å². The highest BCUT2D eigenvalue weighted by atomic mass is 19.1. The molecule has 0 amide bonds. The number of allylic oxidation sites excluding steroid dienone is 1. The fraction of sp³-hybridized carbons (Fsp3) is 0.400. The standard InChI is InChI=1S/C20H23FN4O2/c1-12(2)27-18-7-13(3-6-16(18)21)20(22)17-8-19(24-11-23-17)25-14-4-5-15(25)10-26-9-14/h3,6-9,11-12,15,17,22H,4-5,10H2,1-2H3,(H,23,24). The Balaban J connectivity index is 1.58. The van der Waals surface area contributed by atoms with Crippen LogP contribution in [0.4, 0.5) is 4.39 Å². The van der Waals surface area contributed by atoms with E-state index in [1.807, 2.05) is 26.2 Å². The van der Waals surface area contributed by atoms with E-state index in [4.69, 9.17) is 14.9 Å². The summed E-state index contributed by atoms with van der Waals surface area (Å²) in [7, 11) is 0. The highest BCUT2D eigenvalue weighted by Crippen LogP contribution is 2.34. The maximum Gasteiger partial charge on any atom is 0.165 e. The summed E-state index contributed by atoms with van der Waals surface area (Å²) in [6, 6.07) is 4.37. The van der Waals surface area contributed by atoms with Gasteiger partial charge in [-0.1, -0.05) is 0 Å². The molecule has 1 aromatic rings. The molecular formula is C20H23FN4O2. The van der Waals surface area contributed by atoms with E-state index in [1.165, 1.54) is 6.07 Å². The molecule has 1 aromatic carbocycles. The van der Waals surface area contributed by atoms with Gasteiger partial charge in [-0.3, -0.25) is 4.99 Å². The third-order valence-corrected chi connectivity index (χ3v) is 4.84. The number of aliphatic imine (C=N–C) groups is 1. The number of rotatable bonds is 5. The molecular weight excluding hydrogens is 347 g/mol. The van der Waals surface area contributed by atoms with Crippen LogP contribution in [0.5, 0.6) is 5.75 Å². The van der Waals surface area contributed by atoms with E-state index >= 15 is 0 Å². The normalized spacial score (nSPS) is 23.5. The molecule has 3 aliphatic rings. The zero-order valence-electron chi connectivity index (χ0n) is 15.4. The second-order valence-electron chi connectivity index (χ2n) is 7.15. The van der Waals surface area contributed by atoms with Gasteiger partial charge in [0.25, 0.3) is 0 Å². The molecule has 0 spiro atoms. The van der Waals surface area contributed by atoms with Crippen LogP contribution < -0.4 is 10.1 Å². The van der Waals surface area contributed by atoms with Crippen LogP contribution in [0.2, 0.25) is 0 Å². The summed E-state index contributed by atoms with van der Waals surface area (Å²) in [6.45, 7) is 4.35. The van der Waals surface area contributed by atoms with Crippen molar-refractivity contribution in [1.82, 2.24) is 10.2 Å². The molecule has 3 aliphatic heterocycles. The summed E-state index contributed by atoms with van der Waals surface area (Å²) >= 11 is 0. The molecule has 4 rings (SSSR count). The maximum absolute atomic E-state index is 14.0. The highest BCUT2D eigenvalue weighted by molar-refractivity contribution is 6.04. The van der Waals surface area contributed by atoms with Crippen LogP contribution >= 0.6 is 0 Å². The van der Waals surface area contributed by atoms with Crippen molar-refractivity contribution in [1.29, 1.82) is 5.41 Å². The van der Waals surface area contributed by atoms with Crippen molar-refractivity contribution in [2.24, 2.45) is 4.99 Å². The van der Waals surface area contributed by atoms with Crippen LogP contribution in [0.25, 0.3) is 0 Å². The van der Waals surface area contributed by atoms with Gasteiger partial charge in [0.15, 0.2) is 11.6 Å². The van der Waals surface area contributed by atoms with Gasteiger partial charge in [0.2, 0.25) is 0 Å². The number of nitrogens with one attached hydrogen (secondary N) is 2. The van der Waals surface area contributed by atoms with Gasteiger partial charge in [0.05, 0.1) is 29.9 Å². The third kappa shape index (κ3) is 3.41. The van der Waals surface area contributed by atoms with Crippen molar-refractivity contribution < 1.29 is 13.9 Å². The highest BCUT2D eigenvalue weighted by Gasteiger charge is 2.35. The summed E-state index contributed by atoms with van der Waals surface area (Å²) in [5.41, 5.74) is 2.03. The Morgan fingerprint density at radius 2 is 2.30 bits per heavy atom. The van der Waals surface area contributed by atoms with Crippen LogP contribution in [-0.4, -0.2) is 41.7 Å². The number of hydrogen-bond acceptors (Lipinski definition) is 6. The first-order chi connectivity index (χ1) is 13.0. The lowest BCUT2D eigenvalue weighted by Gasteiger charge is -2.34. The molecule has 0 aliphatic carbocycles. The Hall–Kier alpha value is -2.83. The molecule has 2 atom stereocenters. The Kier molecular flexibility index (Phi) is 4.59. The van der Waals surface area contributed by atoms with Crippen molar-refractivity contribution in [2.75, 3.05) is 6.61 Å². The zero-order chi connectivity index (χ0) is 19.0. The minimum Gasteiger partial charge on any atom is -0.497 e. The van der Waals surface area contributed by atoms with E-state index in [-0.39, 0.29) is 11.9 Å². The Labute approximate surface area is 157 Å². The lowest BCUT2D eigenvalue weighted by Crippen LogP contribution is -2.41. The molecule has 0 saturated carbocycles. The van der Waals surface area contributed by atoms with Crippen LogP contribution in [0.1, 0.15) is 32.3 Å². The molecule has 1 saturated heterocycles. The number of hydrogen-bond donors (Lipinski definition) is 2. The largest absolute Gasteiger partial charge is 0.497 e. The molecule has 1 fully saturated rings. The molecule has 7 heteroatoms. The smallest absolute Gasteiger partial charge is 0.165 e. The summed E-state index contributed by atoms with van der Waals surface area (Å²) in [5, 5.41) is 11.8. The van der Waals surface area contributed by atoms with Gasteiger partial charge in [-0.05, 0) is 51.0 Å². The predicted octanol–water partition coefficient (Wildman–Crippen LogP) is 3.16. The fourth-order valence-electron chi connectivity index (χ4n) is 3.60. The number of fused-ring (bicyclic) bond motifs is 2. The molecule has 2 N–H and O–H groups in total. The molecule has 2 bridgehead atoms. The van der Waals surface area contributed by atoms with Gasteiger partial charge < -0.3 is 25.1 Å². The summed E-state index contributed by atoms with van der Waals surface area (Å²) < 4.78 is 25.0. The fourth-order valence-corrected chi connectivity index (χ4v) is 3.60. The number of nitrogens with zero attached hydrogens (tertiary/aromatic N) is 2. The monoisotopic (exact) mass is 370 g/mol. The van der Waals surface area contributed by atoms with E-state index in [1.54, 1.807) is 18.5 Å². The molecule has 0 radical (unpaired) electrons. The first kappa shape index (κ1) is 17.6. The molecule has 2 unspecified atom stereocenters. The van der Waals surface area contributed by atoms with E-state index < -0.39 is 11.9 Å². The van der Waals surface area contributed by atoms with Crippen LogP contribution in [0.3, 0.4) is 0 Å². The van der Waals surface area contributed by atoms with Gasteiger partial charge in [0.1, 0.15) is 24.7 Å². The number of ether oxygens (including phenoxy) is 2. The average molecular weight is 370 g/mol. The number of benzene rings is 1. The lowest BCUT2D eigenvalue weighted by atomic mass is 10.0. The van der Waals surface area contributed by atoms with Crippen LogP contribution in [0.15, 0.2) is 47.0 Å². The number of halogens is 1. The summed E-state index contributed by atoms with van der Waals surface area (Å²) in [5.74, 6) is 0.644. The zero-order valence-corrected chi connectivity index (χ0v) is 15.4. The van der Waals surface area contributed by atoms with Gasteiger partial charge in [-0.15, -0.1) is 0 Å². The first-order valence-corrected chi connectivity index (χ1v) is 9.18. The van der Waals surface area contributed by atoms with Crippen molar-refractivity contribution in [3.63, 3.8) is 0 Å². The quantitative estimate of drug-likeness (QED) is 0.781. The lowest BCUT2D eigenvalue weighted by molar-refractivity contribution is 0.139. The van der Waals surface area contributed by atoms with Crippen molar-refractivity contribution in [3.8, 4) is 5.75 Å². The Bertz CT molecular complexity index is 844. The predicted molar refractivity (Wildman–Crippen MR) is 101 cm³/mol. The van der Waals surface area contributed by atoms with Crippen molar-refractivity contribution in [2.45, 2.75) is 44.9 Å². The second-order valence-corrected chi connectivity index (χ2v) is 7.15. The molecule has 6 nitrogen and oxygen atoms in total.